The van der Waals surface area contributed by atoms with Crippen molar-refractivity contribution in [2.45, 2.75) is 24.9 Å². The van der Waals surface area contributed by atoms with E-state index in [0.29, 0.717) is 23.7 Å². The third-order valence-electron chi connectivity index (χ3n) is 2.75. The van der Waals surface area contributed by atoms with Gasteiger partial charge in [-0.15, -0.1) is 11.3 Å². The van der Waals surface area contributed by atoms with E-state index < -0.39 is 9.84 Å². The van der Waals surface area contributed by atoms with Gasteiger partial charge in [0, 0.05) is 35.3 Å². The van der Waals surface area contributed by atoms with Crippen LogP contribution in [0.5, 0.6) is 0 Å². The first-order chi connectivity index (χ1) is 9.38. The molecule has 2 rings (SSSR count). The molecule has 4 nitrogen and oxygen atoms in total. The molecule has 1 heterocycles. The predicted octanol–water partition coefficient (Wildman–Crippen LogP) is 2.80. The minimum atomic E-state index is -3.28. The zero-order valence-corrected chi connectivity index (χ0v) is 13.6. The second kappa shape index (κ2) is 6.22. The van der Waals surface area contributed by atoms with E-state index in [-0.39, 0.29) is 4.90 Å². The van der Waals surface area contributed by atoms with Crippen molar-refractivity contribution in [3.05, 3.63) is 44.9 Å². The Morgan fingerprint density at radius 1 is 1.35 bits per heavy atom. The molecule has 0 amide bonds. The zero-order valence-electron chi connectivity index (χ0n) is 11.2. The Bertz CT molecular complexity index is 711. The van der Waals surface area contributed by atoms with E-state index in [1.54, 1.807) is 29.5 Å². The summed E-state index contributed by atoms with van der Waals surface area (Å²) in [7, 11) is -3.28. The molecule has 0 radical (unpaired) electrons. The van der Waals surface area contributed by atoms with Crippen LogP contribution in [-0.4, -0.2) is 19.7 Å². The van der Waals surface area contributed by atoms with Gasteiger partial charge in [0.25, 0.3) is 0 Å². The maximum Gasteiger partial charge on any atom is 0.175 e. The molecule has 0 fully saturated rings. The normalized spacial score (nSPS) is 11.8. The van der Waals surface area contributed by atoms with E-state index in [4.69, 9.17) is 11.6 Å². The summed E-state index contributed by atoms with van der Waals surface area (Å²) in [5.41, 5.74) is 1.55. The summed E-state index contributed by atoms with van der Waals surface area (Å²) in [6.07, 6.45) is 1.19. The van der Waals surface area contributed by atoms with Crippen molar-refractivity contribution in [2.75, 3.05) is 6.26 Å². The molecule has 0 aliphatic heterocycles. The number of aromatic nitrogens is 1. The maximum atomic E-state index is 11.7. The van der Waals surface area contributed by atoms with E-state index in [9.17, 15) is 8.42 Å². The minimum Gasteiger partial charge on any atom is -0.307 e. The van der Waals surface area contributed by atoms with Crippen LogP contribution in [0.3, 0.4) is 0 Å². The number of halogens is 1. The monoisotopic (exact) mass is 330 g/mol. The highest BCUT2D eigenvalue weighted by Gasteiger charge is 2.15. The number of thiazole rings is 1. The smallest absolute Gasteiger partial charge is 0.175 e. The van der Waals surface area contributed by atoms with Gasteiger partial charge in [0.1, 0.15) is 0 Å². The van der Waals surface area contributed by atoms with Crippen LogP contribution in [0.25, 0.3) is 0 Å². The highest BCUT2D eigenvalue weighted by Crippen LogP contribution is 2.24. The van der Waals surface area contributed by atoms with E-state index in [0.717, 1.165) is 10.7 Å². The molecule has 2 aromatic rings. The number of hydrogen-bond donors (Lipinski definition) is 1. The fourth-order valence-electron chi connectivity index (χ4n) is 1.86. The molecule has 0 aliphatic rings. The lowest BCUT2D eigenvalue weighted by Gasteiger charge is -2.10. The van der Waals surface area contributed by atoms with Crippen LogP contribution in [-0.2, 0) is 22.9 Å². The molecule has 0 spiro atoms. The lowest BCUT2D eigenvalue weighted by Crippen LogP contribution is -2.16. The number of rotatable bonds is 5. The van der Waals surface area contributed by atoms with Crippen LogP contribution >= 0.6 is 22.9 Å². The quantitative estimate of drug-likeness (QED) is 0.915. The molecule has 0 aliphatic carbocycles. The molecule has 0 saturated carbocycles. The van der Waals surface area contributed by atoms with Gasteiger partial charge in [-0.2, -0.15) is 0 Å². The molecule has 1 aromatic heterocycles. The van der Waals surface area contributed by atoms with Crippen molar-refractivity contribution in [1.29, 1.82) is 0 Å². The Morgan fingerprint density at radius 3 is 2.70 bits per heavy atom. The number of nitrogens with one attached hydrogen (secondary N) is 1. The van der Waals surface area contributed by atoms with Crippen LogP contribution in [0, 0.1) is 6.92 Å². The minimum absolute atomic E-state index is 0.270. The molecule has 7 heteroatoms. The Hall–Kier alpha value is -0.950. The van der Waals surface area contributed by atoms with Gasteiger partial charge in [-0.05, 0) is 19.1 Å². The number of sulfone groups is 1. The number of benzene rings is 1. The number of hydrogen-bond acceptors (Lipinski definition) is 5. The van der Waals surface area contributed by atoms with Gasteiger partial charge in [-0.25, -0.2) is 13.4 Å². The number of nitrogens with zero attached hydrogens (tertiary/aromatic N) is 1. The lowest BCUT2D eigenvalue weighted by molar-refractivity contribution is 0.598. The summed E-state index contributed by atoms with van der Waals surface area (Å²) in [5.74, 6) is 0. The second-order valence-corrected chi connectivity index (χ2v) is 7.90. The van der Waals surface area contributed by atoms with Gasteiger partial charge in [0.2, 0.25) is 0 Å². The molecule has 1 aromatic carbocycles. The van der Waals surface area contributed by atoms with Gasteiger partial charge in [0.15, 0.2) is 9.84 Å². The van der Waals surface area contributed by atoms with Gasteiger partial charge in [0.05, 0.1) is 15.6 Å². The van der Waals surface area contributed by atoms with E-state index in [1.165, 1.54) is 6.26 Å². The summed E-state index contributed by atoms with van der Waals surface area (Å²) in [5, 5.41) is 6.62. The zero-order chi connectivity index (χ0) is 14.8. The maximum absolute atomic E-state index is 11.7. The van der Waals surface area contributed by atoms with Crippen molar-refractivity contribution < 1.29 is 8.42 Å². The fraction of sp³-hybridized carbons (Fsp3) is 0.308. The molecular weight excluding hydrogens is 316 g/mol. The average molecular weight is 331 g/mol. The highest BCUT2D eigenvalue weighted by molar-refractivity contribution is 7.90. The first kappa shape index (κ1) is 15.4. The van der Waals surface area contributed by atoms with E-state index in [1.807, 2.05) is 12.3 Å². The van der Waals surface area contributed by atoms with Crippen LogP contribution in [0.15, 0.2) is 28.5 Å². The van der Waals surface area contributed by atoms with Crippen molar-refractivity contribution in [3.8, 4) is 0 Å². The van der Waals surface area contributed by atoms with Crippen LogP contribution in [0.2, 0.25) is 5.02 Å². The first-order valence-electron chi connectivity index (χ1n) is 5.97. The molecule has 0 unspecified atom stereocenters. The van der Waals surface area contributed by atoms with Gasteiger partial charge in [-0.1, -0.05) is 17.7 Å². The van der Waals surface area contributed by atoms with Gasteiger partial charge >= 0.3 is 0 Å². The molecule has 108 valence electrons. The van der Waals surface area contributed by atoms with E-state index in [2.05, 4.69) is 10.3 Å². The fourth-order valence-corrected chi connectivity index (χ4v) is 3.73. The summed E-state index contributed by atoms with van der Waals surface area (Å²) in [4.78, 5) is 4.61. The topological polar surface area (TPSA) is 59.1 Å². The molecule has 1 N–H and O–H groups in total. The predicted molar refractivity (Wildman–Crippen MR) is 82.0 cm³/mol. The van der Waals surface area contributed by atoms with Gasteiger partial charge in [-0.3, -0.25) is 0 Å². The van der Waals surface area contributed by atoms with Crippen molar-refractivity contribution >= 4 is 32.8 Å². The van der Waals surface area contributed by atoms with E-state index >= 15 is 0 Å². The lowest BCUT2D eigenvalue weighted by atomic mass is 10.2. The summed E-state index contributed by atoms with van der Waals surface area (Å²) < 4.78 is 23.5. The highest BCUT2D eigenvalue weighted by atomic mass is 35.5. The summed E-state index contributed by atoms with van der Waals surface area (Å²) >= 11 is 7.69. The van der Waals surface area contributed by atoms with Crippen LogP contribution < -0.4 is 5.32 Å². The molecule has 0 atom stereocenters. The third-order valence-corrected chi connectivity index (χ3v) is 5.11. The van der Waals surface area contributed by atoms with Crippen molar-refractivity contribution in [3.63, 3.8) is 0 Å². The first-order valence-corrected chi connectivity index (χ1v) is 9.12. The Labute approximate surface area is 127 Å². The second-order valence-electron chi connectivity index (χ2n) is 4.45. The molecule has 0 bridgehead atoms. The molecule has 20 heavy (non-hydrogen) atoms. The van der Waals surface area contributed by atoms with Crippen molar-refractivity contribution in [2.24, 2.45) is 0 Å². The van der Waals surface area contributed by atoms with Crippen LogP contribution in [0.4, 0.5) is 0 Å². The Morgan fingerprint density at radius 2 is 2.10 bits per heavy atom. The summed E-state index contributed by atoms with van der Waals surface area (Å²) in [6, 6.07) is 4.91. The van der Waals surface area contributed by atoms with Gasteiger partial charge < -0.3 is 5.32 Å². The molecular formula is C13H15ClN2O2S2. The van der Waals surface area contributed by atoms with Crippen LogP contribution in [0.1, 0.15) is 16.3 Å². The van der Waals surface area contributed by atoms with Crippen molar-refractivity contribution in [1.82, 2.24) is 10.3 Å². The standard InChI is InChI=1S/C13H15ClN2O2S2/c1-9-16-10(8-19-9)6-15-7-11-12(14)4-3-5-13(11)20(2,17)18/h3-5,8,15H,6-7H2,1-2H3. The average Bonchev–Trinajstić information content (AvgIpc) is 2.76. The largest absolute Gasteiger partial charge is 0.307 e. The Balaban J connectivity index is 2.13. The number of aryl methyl sites for hydroxylation is 1. The SMILES string of the molecule is Cc1nc(CNCc2c(Cl)cccc2S(C)(=O)=O)cs1. The third kappa shape index (κ3) is 3.79. The summed E-state index contributed by atoms with van der Waals surface area (Å²) in [6.45, 7) is 2.92. The molecule has 0 saturated heterocycles. The Kier molecular flexibility index (Phi) is 4.80.